The van der Waals surface area contributed by atoms with Crippen LogP contribution in [-0.4, -0.2) is 14.5 Å². The zero-order chi connectivity index (χ0) is 13.0. The largest absolute Gasteiger partial charge is 0.329 e. The van der Waals surface area contributed by atoms with E-state index in [-0.39, 0.29) is 0 Å². The molecular formula is C14H16ClN3S. The summed E-state index contributed by atoms with van der Waals surface area (Å²) in [6.07, 6.45) is 7.30. The average Bonchev–Trinajstić information content (AvgIpc) is 3.24. The van der Waals surface area contributed by atoms with Crippen molar-refractivity contribution in [2.75, 3.05) is 0 Å². The first-order valence-corrected chi connectivity index (χ1v) is 7.75. The van der Waals surface area contributed by atoms with Crippen LogP contribution in [0.4, 0.5) is 0 Å². The monoisotopic (exact) mass is 293 g/mol. The molecule has 0 spiro atoms. The van der Waals surface area contributed by atoms with E-state index in [1.165, 1.54) is 25.7 Å². The number of nitrogens with zero attached hydrogens (tertiary/aromatic N) is 2. The molecule has 2 aromatic heterocycles. The second-order valence-corrected chi connectivity index (χ2v) is 6.73. The third kappa shape index (κ3) is 2.21. The molecule has 0 saturated heterocycles. The molecule has 0 amide bonds. The highest BCUT2D eigenvalue weighted by Crippen LogP contribution is 2.50. The molecule has 2 fully saturated rings. The lowest BCUT2D eigenvalue weighted by Crippen LogP contribution is -2.15. The molecule has 0 bridgehead atoms. The van der Waals surface area contributed by atoms with E-state index in [2.05, 4.69) is 14.5 Å². The van der Waals surface area contributed by atoms with Gasteiger partial charge in [0.1, 0.15) is 0 Å². The molecule has 2 saturated carbocycles. The predicted octanol–water partition coefficient (Wildman–Crippen LogP) is 4.18. The zero-order valence-electron chi connectivity index (χ0n) is 10.6. The Hall–Kier alpha value is -0.870. The molecule has 1 N–H and O–H groups in total. The van der Waals surface area contributed by atoms with Crippen LogP contribution in [0.5, 0.6) is 0 Å². The minimum Gasteiger partial charge on any atom is -0.329 e. The van der Waals surface area contributed by atoms with Gasteiger partial charge in [0.25, 0.3) is 0 Å². The van der Waals surface area contributed by atoms with Gasteiger partial charge in [0.15, 0.2) is 10.4 Å². The van der Waals surface area contributed by atoms with Crippen LogP contribution in [0.2, 0.25) is 5.02 Å². The van der Waals surface area contributed by atoms with Crippen LogP contribution >= 0.6 is 23.8 Å². The smallest absolute Gasteiger partial charge is 0.179 e. The van der Waals surface area contributed by atoms with E-state index < -0.39 is 0 Å². The normalized spacial score (nSPS) is 19.5. The van der Waals surface area contributed by atoms with Gasteiger partial charge in [0.2, 0.25) is 0 Å². The van der Waals surface area contributed by atoms with E-state index in [0.29, 0.717) is 5.02 Å². The van der Waals surface area contributed by atoms with Crippen LogP contribution in [0.3, 0.4) is 0 Å². The Morgan fingerprint density at radius 1 is 1.37 bits per heavy atom. The van der Waals surface area contributed by atoms with Crippen LogP contribution in [0.25, 0.3) is 11.2 Å². The van der Waals surface area contributed by atoms with Gasteiger partial charge in [0, 0.05) is 12.7 Å². The summed E-state index contributed by atoms with van der Waals surface area (Å²) < 4.78 is 2.94. The topological polar surface area (TPSA) is 33.6 Å². The van der Waals surface area contributed by atoms with Gasteiger partial charge in [-0.3, -0.25) is 0 Å². The maximum atomic E-state index is 5.98. The number of fused-ring (bicyclic) bond motifs is 1. The Morgan fingerprint density at radius 2 is 2.05 bits per heavy atom. The Bertz CT molecular complexity index is 670. The highest BCUT2D eigenvalue weighted by Gasteiger charge is 2.41. The highest BCUT2D eigenvalue weighted by atomic mass is 35.5. The second kappa shape index (κ2) is 4.32. The van der Waals surface area contributed by atoms with Crippen molar-refractivity contribution in [2.24, 2.45) is 17.8 Å². The molecule has 4 rings (SSSR count). The standard InChI is InChI=1S/C14H16ClN3S/c15-10-5-12-13(16-6-10)18(14(19)17-12)7-11(8-1-2-8)9-3-4-9/h5-6,8-9,11H,1-4,7H2,(H,17,19). The molecule has 2 aliphatic carbocycles. The molecule has 2 aliphatic rings. The molecule has 5 heteroatoms. The minimum atomic E-state index is 0.650. The summed E-state index contributed by atoms with van der Waals surface area (Å²) in [5.74, 6) is 2.64. The number of nitrogens with one attached hydrogen (secondary N) is 1. The van der Waals surface area contributed by atoms with Crippen molar-refractivity contribution in [3.63, 3.8) is 0 Å². The fraction of sp³-hybridized carbons (Fsp3) is 0.571. The van der Waals surface area contributed by atoms with Gasteiger partial charge in [-0.25, -0.2) is 4.98 Å². The lowest BCUT2D eigenvalue weighted by Gasteiger charge is -2.16. The first-order valence-electron chi connectivity index (χ1n) is 6.96. The van der Waals surface area contributed by atoms with Gasteiger partial charge in [0.05, 0.1) is 10.5 Å². The van der Waals surface area contributed by atoms with Crippen molar-refractivity contribution < 1.29 is 0 Å². The van der Waals surface area contributed by atoms with Crippen molar-refractivity contribution >= 4 is 35.0 Å². The molecule has 0 atom stereocenters. The number of pyridine rings is 1. The van der Waals surface area contributed by atoms with Crippen molar-refractivity contribution in [3.05, 3.63) is 22.1 Å². The zero-order valence-corrected chi connectivity index (χ0v) is 12.2. The van der Waals surface area contributed by atoms with Crippen molar-refractivity contribution in [1.29, 1.82) is 0 Å². The summed E-state index contributed by atoms with van der Waals surface area (Å²) in [5.41, 5.74) is 1.89. The lowest BCUT2D eigenvalue weighted by atomic mass is 9.98. The van der Waals surface area contributed by atoms with Crippen molar-refractivity contribution in [2.45, 2.75) is 32.2 Å². The number of rotatable bonds is 4. The van der Waals surface area contributed by atoms with Crippen LogP contribution in [-0.2, 0) is 6.54 Å². The van der Waals surface area contributed by atoms with Crippen molar-refractivity contribution in [1.82, 2.24) is 14.5 Å². The fourth-order valence-corrected chi connectivity index (χ4v) is 3.56. The van der Waals surface area contributed by atoms with E-state index in [4.69, 9.17) is 23.8 Å². The molecule has 0 unspecified atom stereocenters. The molecule has 100 valence electrons. The number of halogens is 1. The Labute approximate surface area is 122 Å². The van der Waals surface area contributed by atoms with Gasteiger partial charge >= 0.3 is 0 Å². The SMILES string of the molecule is S=c1[nH]c2cc(Cl)cnc2n1CC(C1CC1)C1CC1. The number of H-pyrrole nitrogens is 1. The van der Waals surface area contributed by atoms with E-state index in [0.717, 1.165) is 40.2 Å². The molecule has 3 nitrogen and oxygen atoms in total. The number of imidazole rings is 1. The molecule has 0 aliphatic heterocycles. The Balaban J connectivity index is 1.73. The van der Waals surface area contributed by atoms with E-state index >= 15 is 0 Å². The van der Waals surface area contributed by atoms with Crippen LogP contribution in [0.1, 0.15) is 25.7 Å². The summed E-state index contributed by atoms with van der Waals surface area (Å²) in [6, 6.07) is 1.90. The summed E-state index contributed by atoms with van der Waals surface area (Å²) >= 11 is 11.4. The molecular weight excluding hydrogens is 278 g/mol. The summed E-state index contributed by atoms with van der Waals surface area (Å²) in [6.45, 7) is 1.02. The molecule has 0 radical (unpaired) electrons. The number of aromatic amines is 1. The number of aromatic nitrogens is 3. The van der Waals surface area contributed by atoms with Crippen LogP contribution < -0.4 is 0 Å². The molecule has 2 heterocycles. The van der Waals surface area contributed by atoms with Gasteiger partial charge in [-0.15, -0.1) is 0 Å². The molecule has 19 heavy (non-hydrogen) atoms. The second-order valence-electron chi connectivity index (χ2n) is 5.90. The molecule has 2 aromatic rings. The molecule has 0 aromatic carbocycles. The maximum absolute atomic E-state index is 5.98. The third-order valence-electron chi connectivity index (χ3n) is 4.42. The predicted molar refractivity (Wildman–Crippen MR) is 78.9 cm³/mol. The van der Waals surface area contributed by atoms with Gasteiger partial charge in [-0.2, -0.15) is 0 Å². The van der Waals surface area contributed by atoms with Gasteiger partial charge in [-0.05, 0) is 61.7 Å². The number of hydrogen-bond donors (Lipinski definition) is 1. The first kappa shape index (κ1) is 11.9. The summed E-state index contributed by atoms with van der Waals surface area (Å²) in [7, 11) is 0. The fourth-order valence-electron chi connectivity index (χ4n) is 3.13. The minimum absolute atomic E-state index is 0.650. The lowest BCUT2D eigenvalue weighted by molar-refractivity contribution is 0.351. The van der Waals surface area contributed by atoms with E-state index in [9.17, 15) is 0 Å². The third-order valence-corrected chi connectivity index (χ3v) is 4.95. The summed E-state index contributed by atoms with van der Waals surface area (Å²) in [5, 5.41) is 0.650. The van der Waals surface area contributed by atoms with E-state index in [1.807, 2.05) is 6.07 Å². The Kier molecular flexibility index (Phi) is 2.71. The first-order chi connectivity index (χ1) is 9.22. The van der Waals surface area contributed by atoms with Crippen LogP contribution in [0, 0.1) is 22.5 Å². The maximum Gasteiger partial charge on any atom is 0.179 e. The highest BCUT2D eigenvalue weighted by molar-refractivity contribution is 7.71. The Morgan fingerprint density at radius 3 is 2.68 bits per heavy atom. The quantitative estimate of drug-likeness (QED) is 0.858. The van der Waals surface area contributed by atoms with E-state index in [1.54, 1.807) is 6.20 Å². The van der Waals surface area contributed by atoms with Gasteiger partial charge in [-0.1, -0.05) is 11.6 Å². The van der Waals surface area contributed by atoms with Crippen LogP contribution in [0.15, 0.2) is 12.3 Å². The van der Waals surface area contributed by atoms with Gasteiger partial charge < -0.3 is 9.55 Å². The summed E-state index contributed by atoms with van der Waals surface area (Å²) in [4.78, 5) is 7.67. The van der Waals surface area contributed by atoms with Crippen molar-refractivity contribution in [3.8, 4) is 0 Å². The number of hydrogen-bond acceptors (Lipinski definition) is 2. The average molecular weight is 294 g/mol.